The standard InChI is InChI=1S/C63H80ClN9O15S5/c1-8-36-26-38-28-45(69-53(38)56(84-6)55(36)83-5)60(77)73-33-39(32-64)52-42-30-46(61(78)85-7)70-54(42)50(31-49(52)73)88-62(79)72(4)19-24-91-92-63(2,3)57(59(76)66-18-25-93(80,81)82)71-51(74)16-20-86-22-23-87-21-17-65-58(75)37-14-15-43-44(27-37)68-48-35-90-41-13-11-9-10-12-40(29-41)89-34-47(48)67-43/h14-15,26-28,30-31,39-41,57,69-70H,8-13,16-25,29,32-35H2,1-7H3,(H,65,75)(H,66,76)(H,71,74)(H,80,81,82)/t39-,40?,41?,57?/m1/s1. The zero-order valence-electron chi connectivity index (χ0n) is 53.1. The van der Waals surface area contributed by atoms with Crippen molar-refractivity contribution in [1.82, 2.24) is 40.8 Å². The number of carbonyl (C=O) groups excluding carboxylic acids is 6. The number of alkyl halides is 1. The highest BCUT2D eigenvalue weighted by Crippen LogP contribution is 2.48. The van der Waals surface area contributed by atoms with E-state index in [0.29, 0.717) is 72.9 Å². The molecule has 24 nitrogen and oxygen atoms in total. The number of nitrogens with one attached hydrogen (secondary N) is 5. The monoisotopic (exact) mass is 1400 g/mol. The number of thioether (sulfide) groups is 2. The fraction of sp³-hybridized carbons (Fsp3) is 0.524. The third-order valence-corrected chi connectivity index (χ3v) is 23.5. The van der Waals surface area contributed by atoms with E-state index in [1.54, 1.807) is 56.2 Å². The maximum absolute atomic E-state index is 14.6. The van der Waals surface area contributed by atoms with Crippen molar-refractivity contribution in [3.05, 3.63) is 81.9 Å². The van der Waals surface area contributed by atoms with Crippen molar-refractivity contribution in [3.63, 3.8) is 0 Å². The molecule has 1 aliphatic carbocycles. The number of halogens is 1. The first-order valence-electron chi connectivity index (χ1n) is 30.8. The van der Waals surface area contributed by atoms with Crippen LogP contribution in [0.15, 0.2) is 42.5 Å². The summed E-state index contributed by atoms with van der Waals surface area (Å²) < 4.78 is 65.2. The van der Waals surface area contributed by atoms with Crippen molar-refractivity contribution in [2.24, 2.45) is 0 Å². The summed E-state index contributed by atoms with van der Waals surface area (Å²) in [6.07, 6.45) is 7.33. The number of benzene rings is 3. The minimum atomic E-state index is -4.41. The van der Waals surface area contributed by atoms with Crippen molar-refractivity contribution in [2.75, 3.05) is 103 Å². The van der Waals surface area contributed by atoms with Gasteiger partial charge in [-0.2, -0.15) is 31.9 Å². The summed E-state index contributed by atoms with van der Waals surface area (Å²) in [5.74, 6) is -0.590. The highest BCUT2D eigenvalue weighted by molar-refractivity contribution is 8.77. The molecule has 2 bridgehead atoms. The Hall–Kier alpha value is -6.18. The van der Waals surface area contributed by atoms with Crippen molar-refractivity contribution in [2.45, 2.75) is 111 Å². The summed E-state index contributed by atoms with van der Waals surface area (Å²) in [6, 6.07) is 11.0. The predicted octanol–water partition coefficient (Wildman–Crippen LogP) is 9.45. The summed E-state index contributed by atoms with van der Waals surface area (Å²) in [7, 11) is 3.97. The smallest absolute Gasteiger partial charge is 0.415 e. The van der Waals surface area contributed by atoms with Crippen LogP contribution in [-0.4, -0.2) is 193 Å². The molecule has 504 valence electrons. The molecule has 1 saturated carbocycles. The second-order valence-corrected chi connectivity index (χ2v) is 30.8. The van der Waals surface area contributed by atoms with Gasteiger partial charge < -0.3 is 64.1 Å². The van der Waals surface area contributed by atoms with Gasteiger partial charge >= 0.3 is 12.1 Å². The maximum Gasteiger partial charge on any atom is 0.415 e. The molecule has 3 aromatic heterocycles. The Balaban J connectivity index is 0.753. The number of rotatable bonds is 28. The molecule has 93 heavy (non-hydrogen) atoms. The van der Waals surface area contributed by atoms with Gasteiger partial charge in [-0.25, -0.2) is 19.6 Å². The lowest BCUT2D eigenvalue weighted by Crippen LogP contribution is -2.56. The largest absolute Gasteiger partial charge is 0.492 e. The van der Waals surface area contributed by atoms with Crippen LogP contribution < -0.4 is 35.1 Å². The molecule has 4 atom stereocenters. The van der Waals surface area contributed by atoms with Crippen LogP contribution in [0.3, 0.4) is 0 Å². The number of aryl methyl sites for hydroxylation is 1. The Kier molecular flexibility index (Phi) is 24.9. The SMILES string of the molecule is CCc1cc2cc(C(=O)N3C[C@@H](CCl)c4c3cc(OC(=O)N(C)CCSSC(C)(C)C(NC(=O)CCOCCOCCNC(=O)c3ccc5nc6c(nc5c3)CSC3CCCCCC(C3)SC6)C(=O)NCCS(=O)(=O)O)c3[nH]c(C(=O)OC)cc43)[nH]c2c(OC)c1OC. The number of nitrogens with zero attached hydrogens (tertiary/aromatic N) is 4. The summed E-state index contributed by atoms with van der Waals surface area (Å²) in [4.78, 5) is 101. The number of esters is 1. The number of hydrogen-bond acceptors (Lipinski definition) is 20. The molecule has 3 unspecified atom stereocenters. The van der Waals surface area contributed by atoms with E-state index < -0.39 is 63.0 Å². The Morgan fingerprint density at radius 2 is 1.56 bits per heavy atom. The number of anilines is 1. The summed E-state index contributed by atoms with van der Waals surface area (Å²) >= 11 is 10.6. The van der Waals surface area contributed by atoms with Crippen molar-refractivity contribution >= 4 is 141 Å². The molecule has 6 aromatic rings. The van der Waals surface area contributed by atoms with E-state index in [0.717, 1.165) is 39.4 Å². The number of aromatic amines is 2. The number of H-pyrrole nitrogens is 2. The molecule has 0 radical (unpaired) electrons. The Labute approximate surface area is 561 Å². The van der Waals surface area contributed by atoms with Gasteiger partial charge in [0.1, 0.15) is 17.4 Å². The Morgan fingerprint density at radius 1 is 0.860 bits per heavy atom. The van der Waals surface area contributed by atoms with Crippen LogP contribution in [0.4, 0.5) is 10.5 Å². The van der Waals surface area contributed by atoms with Crippen molar-refractivity contribution < 1.29 is 70.2 Å². The van der Waals surface area contributed by atoms with Crippen LogP contribution in [0, 0.1) is 0 Å². The molecule has 6 N–H and O–H groups in total. The van der Waals surface area contributed by atoms with E-state index in [9.17, 15) is 41.7 Å². The molecule has 1 fully saturated rings. The minimum absolute atomic E-state index is 0.0186. The minimum Gasteiger partial charge on any atom is -0.492 e. The maximum atomic E-state index is 14.6. The van der Waals surface area contributed by atoms with Gasteiger partial charge in [-0.05, 0) is 87.1 Å². The summed E-state index contributed by atoms with van der Waals surface area (Å²) in [5.41, 5.74) is 7.15. The zero-order chi connectivity index (χ0) is 66.6. The quantitative estimate of drug-likeness (QED) is 0.00875. The molecule has 3 aromatic carbocycles. The molecule has 0 saturated heterocycles. The highest BCUT2D eigenvalue weighted by Gasteiger charge is 2.40. The van der Waals surface area contributed by atoms with Gasteiger partial charge in [0.05, 0.1) is 92.7 Å². The van der Waals surface area contributed by atoms with Crippen LogP contribution >= 0.6 is 56.7 Å². The first kappa shape index (κ1) is 71.1. The lowest BCUT2D eigenvalue weighted by Gasteiger charge is -2.33. The number of amides is 5. The molecule has 0 spiro atoms. The van der Waals surface area contributed by atoms with E-state index in [2.05, 4.69) is 25.9 Å². The van der Waals surface area contributed by atoms with Crippen molar-refractivity contribution in [3.8, 4) is 17.2 Å². The van der Waals surface area contributed by atoms with Gasteiger partial charge in [-0.1, -0.05) is 47.8 Å². The van der Waals surface area contributed by atoms with Gasteiger partial charge in [-0.3, -0.25) is 23.7 Å². The van der Waals surface area contributed by atoms with Crippen LogP contribution in [0.1, 0.15) is 125 Å². The average molecular weight is 1400 g/mol. The number of aromatic nitrogens is 4. The van der Waals surface area contributed by atoms with E-state index in [-0.39, 0.29) is 87.3 Å². The lowest BCUT2D eigenvalue weighted by molar-refractivity contribution is -0.130. The van der Waals surface area contributed by atoms with Gasteiger partial charge in [0.2, 0.25) is 11.8 Å². The number of fused-ring (bicyclic) bond motifs is 8. The first-order chi connectivity index (χ1) is 44.6. The van der Waals surface area contributed by atoms with Crippen LogP contribution in [0.2, 0.25) is 0 Å². The van der Waals surface area contributed by atoms with Crippen LogP contribution in [0.5, 0.6) is 17.2 Å². The number of ether oxygens (including phenoxy) is 6. The fourth-order valence-corrected chi connectivity index (χ4v) is 17.6. The molecule has 30 heteroatoms. The van der Waals surface area contributed by atoms with Gasteiger partial charge in [-0.15, -0.1) is 11.6 Å². The van der Waals surface area contributed by atoms with Gasteiger partial charge in [0.25, 0.3) is 21.9 Å². The van der Waals surface area contributed by atoms with Crippen LogP contribution in [0.25, 0.3) is 32.8 Å². The van der Waals surface area contributed by atoms with E-state index in [4.69, 9.17) is 50.0 Å². The fourth-order valence-electron chi connectivity index (χ4n) is 11.5. The third-order valence-electron chi connectivity index (χ3n) is 16.4. The molecule has 5 amide bonds. The van der Waals surface area contributed by atoms with Crippen molar-refractivity contribution in [1.29, 1.82) is 0 Å². The zero-order valence-corrected chi connectivity index (χ0v) is 57.9. The molecule has 9 rings (SSSR count). The first-order valence-corrected chi connectivity index (χ1v) is 37.3. The predicted molar refractivity (Wildman–Crippen MR) is 366 cm³/mol. The summed E-state index contributed by atoms with van der Waals surface area (Å²) in [6.45, 7) is 6.06. The number of carbonyl (C=O) groups is 6. The second kappa shape index (κ2) is 32.5. The highest BCUT2D eigenvalue weighted by atomic mass is 35.5. The molecule has 2 aliphatic heterocycles. The molecular formula is C63H80ClN9O15S5. The molecule has 5 heterocycles. The van der Waals surface area contributed by atoms with E-state index in [1.807, 2.05) is 42.6 Å². The topological polar surface area (TPSA) is 312 Å². The van der Waals surface area contributed by atoms with Crippen LogP contribution in [-0.2, 0) is 51.8 Å². The van der Waals surface area contributed by atoms with E-state index >= 15 is 0 Å². The average Bonchev–Trinajstić information content (AvgIpc) is 1.59. The Bertz CT molecular complexity index is 3830. The Morgan fingerprint density at radius 3 is 2.24 bits per heavy atom. The number of methoxy groups -OCH3 is 3. The molecule has 3 aliphatic rings. The summed E-state index contributed by atoms with van der Waals surface area (Å²) in [5, 5.41) is 10.6. The van der Waals surface area contributed by atoms with Gasteiger partial charge in [0, 0.05) is 106 Å². The normalized spacial score (nSPS) is 17.0. The van der Waals surface area contributed by atoms with E-state index in [1.165, 1.54) is 86.3 Å². The molecular weight excluding hydrogens is 1320 g/mol. The third kappa shape index (κ3) is 17.8. The second-order valence-electron chi connectivity index (χ2n) is 23.3. The number of hydrogen-bond donors (Lipinski definition) is 6. The lowest BCUT2D eigenvalue weighted by atomic mass is 9.98. The van der Waals surface area contributed by atoms with Gasteiger partial charge in [0.15, 0.2) is 17.2 Å².